The topological polar surface area (TPSA) is 65.9 Å². The normalized spacial score (nSPS) is 26.0. The van der Waals surface area contributed by atoms with Gasteiger partial charge in [-0.2, -0.15) is 5.10 Å². The highest BCUT2D eigenvalue weighted by atomic mass is 16.5. The van der Waals surface area contributed by atoms with Gasteiger partial charge in [0.15, 0.2) is 0 Å². The largest absolute Gasteiger partial charge is 0.373 e. The van der Waals surface area contributed by atoms with Crippen LogP contribution < -0.4 is 5.32 Å². The van der Waals surface area contributed by atoms with Crippen LogP contribution in [0.4, 0.5) is 0 Å². The molecule has 0 spiro atoms. The van der Waals surface area contributed by atoms with Crippen LogP contribution in [0.3, 0.4) is 0 Å². The average molecular weight is 364 g/mol. The Morgan fingerprint density at radius 3 is 2.85 bits per heavy atom. The molecule has 1 aromatic heterocycles. The molecule has 146 valence electrons. The van der Waals surface area contributed by atoms with Gasteiger partial charge in [-0.15, -0.1) is 0 Å². The molecule has 8 heteroatoms. The first-order chi connectivity index (χ1) is 12.6. The van der Waals surface area contributed by atoms with Crippen LogP contribution in [0.5, 0.6) is 0 Å². The number of likely N-dealkylation sites (N-methyl/N-ethyl adjacent to an activating group) is 2. The van der Waals surface area contributed by atoms with Crippen LogP contribution in [0, 0.1) is 0 Å². The van der Waals surface area contributed by atoms with E-state index in [-0.39, 0.29) is 18.1 Å². The number of nitrogens with one attached hydrogen (secondary N) is 1. The molecule has 2 aliphatic heterocycles. The summed E-state index contributed by atoms with van der Waals surface area (Å²) in [5.74, 6) is 0.116. The van der Waals surface area contributed by atoms with Crippen LogP contribution in [-0.2, 0) is 16.6 Å². The van der Waals surface area contributed by atoms with E-state index in [0.717, 1.165) is 38.3 Å². The molecule has 0 saturated carbocycles. The number of hydrogen-bond donors (Lipinski definition) is 1. The fourth-order valence-corrected chi connectivity index (χ4v) is 3.94. The van der Waals surface area contributed by atoms with Crippen molar-refractivity contribution in [2.75, 3.05) is 66.5 Å². The highest BCUT2D eigenvalue weighted by Crippen LogP contribution is 2.30. The fourth-order valence-electron chi connectivity index (χ4n) is 3.94. The first-order valence-electron chi connectivity index (χ1n) is 9.53. The van der Waals surface area contributed by atoms with Crippen molar-refractivity contribution in [3.05, 3.63) is 18.0 Å². The Kier molecular flexibility index (Phi) is 6.63. The summed E-state index contributed by atoms with van der Waals surface area (Å²) >= 11 is 0. The molecule has 0 radical (unpaired) electrons. The summed E-state index contributed by atoms with van der Waals surface area (Å²) in [6, 6.07) is -0.0840. The zero-order chi connectivity index (χ0) is 18.5. The van der Waals surface area contributed by atoms with E-state index in [1.54, 1.807) is 4.68 Å². The molecular formula is C18H32N6O2. The maximum atomic E-state index is 12.7. The van der Waals surface area contributed by atoms with Gasteiger partial charge in [0.2, 0.25) is 5.91 Å². The fraction of sp³-hybridized carbons (Fsp3) is 0.778. The monoisotopic (exact) mass is 364 g/mol. The number of carbonyl (C=O) groups excluding carboxylic acids is 1. The Labute approximate surface area is 156 Å². The van der Waals surface area contributed by atoms with Gasteiger partial charge in [-0.1, -0.05) is 0 Å². The quantitative estimate of drug-likeness (QED) is 0.763. The van der Waals surface area contributed by atoms with Crippen molar-refractivity contribution < 1.29 is 9.53 Å². The minimum Gasteiger partial charge on any atom is -0.373 e. The van der Waals surface area contributed by atoms with Gasteiger partial charge in [-0.25, -0.2) is 0 Å². The smallest absolute Gasteiger partial charge is 0.237 e. The second-order valence-corrected chi connectivity index (χ2v) is 7.38. The summed E-state index contributed by atoms with van der Waals surface area (Å²) in [7, 11) is 5.90. The number of aromatic nitrogens is 2. The minimum atomic E-state index is -0.0840. The molecule has 2 atom stereocenters. The summed E-state index contributed by atoms with van der Waals surface area (Å²) < 4.78 is 7.97. The molecule has 1 aromatic rings. The SMILES string of the molecule is CNCC(=O)N1CCO[C@@H](CN2CCCN(C)CC2)[C@@H]1c1cnn(C)c1. The van der Waals surface area contributed by atoms with E-state index in [1.807, 2.05) is 31.4 Å². The maximum absolute atomic E-state index is 12.7. The minimum absolute atomic E-state index is 0.0304. The van der Waals surface area contributed by atoms with Gasteiger partial charge in [0.05, 0.1) is 31.5 Å². The van der Waals surface area contributed by atoms with Gasteiger partial charge in [0.1, 0.15) is 0 Å². The van der Waals surface area contributed by atoms with Crippen LogP contribution >= 0.6 is 0 Å². The van der Waals surface area contributed by atoms with Gasteiger partial charge in [0.25, 0.3) is 0 Å². The molecular weight excluding hydrogens is 332 g/mol. The van der Waals surface area contributed by atoms with E-state index in [1.165, 1.54) is 6.42 Å². The van der Waals surface area contributed by atoms with Crippen molar-refractivity contribution in [2.24, 2.45) is 7.05 Å². The maximum Gasteiger partial charge on any atom is 0.237 e. The zero-order valence-corrected chi connectivity index (χ0v) is 16.2. The zero-order valence-electron chi connectivity index (χ0n) is 16.2. The summed E-state index contributed by atoms with van der Waals surface area (Å²) in [4.78, 5) is 19.5. The lowest BCUT2D eigenvalue weighted by Crippen LogP contribution is -2.53. The number of carbonyl (C=O) groups is 1. The van der Waals surface area contributed by atoms with Crippen LogP contribution in [0.25, 0.3) is 0 Å². The molecule has 1 N–H and O–H groups in total. The molecule has 2 aliphatic rings. The predicted molar refractivity (Wildman–Crippen MR) is 99.9 cm³/mol. The molecule has 1 amide bonds. The Morgan fingerprint density at radius 2 is 2.12 bits per heavy atom. The Morgan fingerprint density at radius 1 is 1.27 bits per heavy atom. The highest BCUT2D eigenvalue weighted by molar-refractivity contribution is 5.79. The Balaban J connectivity index is 1.78. The van der Waals surface area contributed by atoms with E-state index in [0.29, 0.717) is 19.7 Å². The van der Waals surface area contributed by atoms with E-state index >= 15 is 0 Å². The third kappa shape index (κ3) is 4.62. The lowest BCUT2D eigenvalue weighted by molar-refractivity contribution is -0.147. The van der Waals surface area contributed by atoms with Crippen molar-refractivity contribution in [2.45, 2.75) is 18.6 Å². The lowest BCUT2D eigenvalue weighted by atomic mass is 10.00. The second-order valence-electron chi connectivity index (χ2n) is 7.38. The standard InChI is InChI=1S/C18H32N6O2/c1-19-12-17(25)24-9-10-26-16(18(24)15-11-20-22(3)13-15)14-23-6-4-5-21(2)7-8-23/h11,13,16,18-19H,4-10,12,14H2,1-3H3/t16-,18-/m0/s1. The number of morpholine rings is 1. The summed E-state index contributed by atoms with van der Waals surface area (Å²) in [6.07, 6.45) is 5.00. The van der Waals surface area contributed by atoms with Gasteiger partial charge >= 0.3 is 0 Å². The number of aryl methyl sites for hydroxylation is 1. The molecule has 26 heavy (non-hydrogen) atoms. The molecule has 2 saturated heterocycles. The van der Waals surface area contributed by atoms with Crippen LogP contribution in [0.2, 0.25) is 0 Å². The van der Waals surface area contributed by atoms with Crippen LogP contribution in [0.1, 0.15) is 18.0 Å². The van der Waals surface area contributed by atoms with Crippen molar-refractivity contribution in [3.63, 3.8) is 0 Å². The van der Waals surface area contributed by atoms with Crippen molar-refractivity contribution in [1.29, 1.82) is 0 Å². The predicted octanol–water partition coefficient (Wildman–Crippen LogP) is -0.454. The van der Waals surface area contributed by atoms with Crippen molar-refractivity contribution >= 4 is 5.91 Å². The number of rotatable bonds is 5. The third-order valence-electron chi connectivity index (χ3n) is 5.32. The Bertz CT molecular complexity index is 592. The Hall–Kier alpha value is -1.48. The molecule has 8 nitrogen and oxygen atoms in total. The van der Waals surface area contributed by atoms with Gasteiger partial charge in [-0.3, -0.25) is 14.4 Å². The highest BCUT2D eigenvalue weighted by Gasteiger charge is 2.37. The molecule has 3 rings (SSSR count). The van der Waals surface area contributed by atoms with Crippen molar-refractivity contribution in [1.82, 2.24) is 29.8 Å². The number of hydrogen-bond acceptors (Lipinski definition) is 6. The van der Waals surface area contributed by atoms with E-state index in [9.17, 15) is 4.79 Å². The average Bonchev–Trinajstić information content (AvgIpc) is 2.94. The second kappa shape index (κ2) is 8.94. The number of amides is 1. The third-order valence-corrected chi connectivity index (χ3v) is 5.32. The summed E-state index contributed by atoms with van der Waals surface area (Å²) in [6.45, 7) is 6.74. The van der Waals surface area contributed by atoms with E-state index in [4.69, 9.17) is 4.74 Å². The molecule has 0 aliphatic carbocycles. The molecule has 0 unspecified atom stereocenters. The lowest BCUT2D eigenvalue weighted by Gasteiger charge is -2.42. The van der Waals surface area contributed by atoms with Gasteiger partial charge in [-0.05, 0) is 33.6 Å². The molecule has 0 bridgehead atoms. The summed E-state index contributed by atoms with van der Waals surface area (Å²) in [5, 5.41) is 7.31. The molecule has 0 aromatic carbocycles. The van der Waals surface area contributed by atoms with Crippen molar-refractivity contribution in [3.8, 4) is 0 Å². The summed E-state index contributed by atoms with van der Waals surface area (Å²) in [5.41, 5.74) is 1.05. The van der Waals surface area contributed by atoms with E-state index < -0.39 is 0 Å². The number of nitrogens with zero attached hydrogens (tertiary/aromatic N) is 5. The van der Waals surface area contributed by atoms with Gasteiger partial charge < -0.3 is 19.9 Å². The first-order valence-corrected chi connectivity index (χ1v) is 9.53. The molecule has 2 fully saturated rings. The van der Waals surface area contributed by atoms with Gasteiger partial charge in [0, 0.05) is 45.0 Å². The van der Waals surface area contributed by atoms with Crippen LogP contribution in [0.15, 0.2) is 12.4 Å². The van der Waals surface area contributed by atoms with E-state index in [2.05, 4.69) is 27.3 Å². The first kappa shape index (κ1) is 19.3. The molecule has 3 heterocycles. The number of ether oxygens (including phenoxy) is 1. The van der Waals surface area contributed by atoms with Crippen LogP contribution in [-0.4, -0.2) is 103 Å².